The lowest BCUT2D eigenvalue weighted by Crippen LogP contribution is -2.10. The lowest BCUT2D eigenvalue weighted by atomic mass is 9.82. The molecule has 0 heteroatoms. The van der Waals surface area contributed by atoms with Crippen LogP contribution in [0.15, 0.2) is 60.3 Å². The van der Waals surface area contributed by atoms with Crippen molar-refractivity contribution in [3.63, 3.8) is 0 Å². The van der Waals surface area contributed by atoms with Crippen LogP contribution >= 0.6 is 0 Å². The van der Waals surface area contributed by atoms with Crippen LogP contribution < -0.4 is 0 Å². The third-order valence-electron chi connectivity index (χ3n) is 2.93. The van der Waals surface area contributed by atoms with E-state index in [-0.39, 0.29) is 5.41 Å². The second-order valence-electron chi connectivity index (χ2n) is 4.10. The van der Waals surface area contributed by atoms with Crippen LogP contribution in [-0.2, 0) is 0 Å². The van der Waals surface area contributed by atoms with Crippen LogP contribution in [0.5, 0.6) is 0 Å². The van der Waals surface area contributed by atoms with E-state index in [9.17, 15) is 0 Å². The summed E-state index contributed by atoms with van der Waals surface area (Å²) in [6, 6.07) is 0. The van der Waals surface area contributed by atoms with E-state index in [0.717, 1.165) is 11.1 Å². The quantitative estimate of drug-likeness (QED) is 0.576. The molecule has 0 unspecified atom stereocenters. The van der Waals surface area contributed by atoms with Gasteiger partial charge in [0.05, 0.1) is 0 Å². The minimum absolute atomic E-state index is 0.0249. The zero-order valence-corrected chi connectivity index (χ0v) is 9.35. The molecule has 0 saturated heterocycles. The van der Waals surface area contributed by atoms with E-state index in [4.69, 9.17) is 0 Å². The third kappa shape index (κ3) is 1.31. The first kappa shape index (κ1) is 10.8. The Kier molecular flexibility index (Phi) is 2.66. The maximum atomic E-state index is 4.07. The Hall–Kier alpha value is -1.30. The first-order valence-corrected chi connectivity index (χ1v) is 4.85. The highest BCUT2D eigenvalue weighted by Crippen LogP contribution is 2.51. The largest absolute Gasteiger partial charge is 0.0991 e. The maximum Gasteiger partial charge on any atom is 0.0155 e. The van der Waals surface area contributed by atoms with Gasteiger partial charge < -0.3 is 0 Å². The zero-order chi connectivity index (χ0) is 10.9. The summed E-state index contributed by atoms with van der Waals surface area (Å²) in [6.45, 7) is 18.3. The molecule has 0 aromatic carbocycles. The van der Waals surface area contributed by atoms with Gasteiger partial charge in [0.1, 0.15) is 0 Å². The third-order valence-corrected chi connectivity index (χ3v) is 2.93. The highest BCUT2D eigenvalue weighted by atomic mass is 14.4. The number of hydrogen-bond donors (Lipinski definition) is 0. The topological polar surface area (TPSA) is 0 Å². The van der Waals surface area contributed by atoms with Crippen molar-refractivity contribution in [2.24, 2.45) is 5.41 Å². The van der Waals surface area contributed by atoms with Gasteiger partial charge >= 0.3 is 0 Å². The van der Waals surface area contributed by atoms with Gasteiger partial charge in [-0.1, -0.05) is 51.8 Å². The smallest absolute Gasteiger partial charge is 0.0155 e. The summed E-state index contributed by atoms with van der Waals surface area (Å²) in [5.74, 6) is 0. The van der Waals surface area contributed by atoms with Crippen LogP contribution in [-0.4, -0.2) is 0 Å². The Balaban J connectivity index is 3.39. The molecule has 1 rings (SSSR count). The Bertz CT molecular complexity index is 359. The lowest BCUT2D eigenvalue weighted by molar-refractivity contribution is 0.582. The van der Waals surface area contributed by atoms with Crippen LogP contribution in [0.3, 0.4) is 0 Å². The maximum absolute atomic E-state index is 4.07. The average molecular weight is 186 g/mol. The van der Waals surface area contributed by atoms with Crippen molar-refractivity contribution in [1.29, 1.82) is 0 Å². The van der Waals surface area contributed by atoms with Crippen molar-refractivity contribution in [3.05, 3.63) is 60.3 Å². The Morgan fingerprint density at radius 3 is 1.93 bits per heavy atom. The van der Waals surface area contributed by atoms with Crippen molar-refractivity contribution in [2.75, 3.05) is 0 Å². The molecular formula is C14H18. The summed E-state index contributed by atoms with van der Waals surface area (Å²) in [5.41, 5.74) is 4.63. The molecule has 1 aliphatic rings. The molecule has 0 aromatic rings. The van der Waals surface area contributed by atoms with E-state index in [1.165, 1.54) is 11.1 Å². The van der Waals surface area contributed by atoms with Crippen LogP contribution in [0, 0.1) is 5.41 Å². The summed E-state index contributed by atoms with van der Waals surface area (Å²) in [7, 11) is 0. The molecule has 0 heterocycles. The predicted molar refractivity (Wildman–Crippen MR) is 64.1 cm³/mol. The van der Waals surface area contributed by atoms with Crippen molar-refractivity contribution >= 4 is 0 Å². The van der Waals surface area contributed by atoms with Crippen LogP contribution in [0.1, 0.15) is 20.8 Å². The van der Waals surface area contributed by atoms with E-state index in [1.54, 1.807) is 0 Å². The molecule has 1 aliphatic carbocycles. The fraction of sp³-hybridized carbons (Fsp3) is 0.286. The van der Waals surface area contributed by atoms with E-state index in [1.807, 2.05) is 19.1 Å². The van der Waals surface area contributed by atoms with Gasteiger partial charge in [-0.05, 0) is 29.2 Å². The molecule has 0 N–H and O–H groups in total. The second-order valence-corrected chi connectivity index (χ2v) is 4.10. The molecule has 1 saturated carbocycles. The van der Waals surface area contributed by atoms with Crippen LogP contribution in [0.4, 0.5) is 0 Å². The number of rotatable bonds is 1. The molecule has 0 radical (unpaired) electrons. The van der Waals surface area contributed by atoms with E-state index in [0.29, 0.717) is 0 Å². The summed E-state index contributed by atoms with van der Waals surface area (Å²) in [5, 5.41) is 0. The highest BCUT2D eigenvalue weighted by Gasteiger charge is 2.37. The molecule has 0 atom stereocenters. The highest BCUT2D eigenvalue weighted by molar-refractivity contribution is 5.67. The molecule has 0 aliphatic heterocycles. The standard InChI is InChI=1S/C14H18/c1-7-9-13-11(4)10(3)12(8-2)14(13,5)6/h7-9H,1,3-4H2,2,5-6H3/b12-8+,13-9+. The monoisotopic (exact) mass is 186 g/mol. The van der Waals surface area contributed by atoms with Crippen molar-refractivity contribution in [1.82, 2.24) is 0 Å². The van der Waals surface area contributed by atoms with Gasteiger partial charge in [0, 0.05) is 5.41 Å². The van der Waals surface area contributed by atoms with Crippen LogP contribution in [0.2, 0.25) is 0 Å². The van der Waals surface area contributed by atoms with Crippen molar-refractivity contribution in [3.8, 4) is 0 Å². The Morgan fingerprint density at radius 2 is 1.57 bits per heavy atom. The molecular weight excluding hydrogens is 168 g/mol. The molecule has 74 valence electrons. The fourth-order valence-electron chi connectivity index (χ4n) is 2.19. The first-order valence-electron chi connectivity index (χ1n) is 4.85. The van der Waals surface area contributed by atoms with Gasteiger partial charge in [-0.2, -0.15) is 0 Å². The second kappa shape index (κ2) is 3.45. The zero-order valence-electron chi connectivity index (χ0n) is 9.35. The van der Waals surface area contributed by atoms with E-state index >= 15 is 0 Å². The molecule has 1 fully saturated rings. The Labute approximate surface area is 87.0 Å². The SMILES string of the molecule is C=C/C=C1\C(=C)C(=C)/C(=C\C)C1(C)C. The van der Waals surface area contributed by atoms with E-state index in [2.05, 4.69) is 39.7 Å². The Morgan fingerprint density at radius 1 is 1.07 bits per heavy atom. The fourth-order valence-corrected chi connectivity index (χ4v) is 2.19. The molecule has 0 spiro atoms. The summed E-state index contributed by atoms with van der Waals surface area (Å²) in [6.07, 6.45) is 5.97. The van der Waals surface area contributed by atoms with E-state index < -0.39 is 0 Å². The molecule has 0 aromatic heterocycles. The van der Waals surface area contributed by atoms with Gasteiger partial charge in [0.15, 0.2) is 0 Å². The minimum atomic E-state index is 0.0249. The molecule has 0 amide bonds. The number of allylic oxidation sites excluding steroid dienone is 7. The summed E-state index contributed by atoms with van der Waals surface area (Å²) < 4.78 is 0. The summed E-state index contributed by atoms with van der Waals surface area (Å²) in [4.78, 5) is 0. The van der Waals surface area contributed by atoms with Gasteiger partial charge in [-0.3, -0.25) is 0 Å². The van der Waals surface area contributed by atoms with Gasteiger partial charge in [0.2, 0.25) is 0 Å². The van der Waals surface area contributed by atoms with Gasteiger partial charge in [-0.25, -0.2) is 0 Å². The van der Waals surface area contributed by atoms with Crippen molar-refractivity contribution < 1.29 is 0 Å². The average Bonchev–Trinajstić information content (AvgIpc) is 2.27. The molecule has 0 nitrogen and oxygen atoms in total. The normalized spacial score (nSPS) is 26.2. The predicted octanol–water partition coefficient (Wildman–Crippen LogP) is 4.20. The van der Waals surface area contributed by atoms with Gasteiger partial charge in [-0.15, -0.1) is 0 Å². The minimum Gasteiger partial charge on any atom is -0.0991 e. The lowest BCUT2D eigenvalue weighted by Gasteiger charge is -2.21. The van der Waals surface area contributed by atoms with Crippen LogP contribution in [0.25, 0.3) is 0 Å². The first-order chi connectivity index (χ1) is 6.46. The molecule has 0 bridgehead atoms. The summed E-state index contributed by atoms with van der Waals surface area (Å²) >= 11 is 0. The number of hydrogen-bond acceptors (Lipinski definition) is 0. The van der Waals surface area contributed by atoms with Crippen molar-refractivity contribution in [2.45, 2.75) is 20.8 Å². The molecule has 14 heavy (non-hydrogen) atoms. The van der Waals surface area contributed by atoms with Gasteiger partial charge in [0.25, 0.3) is 0 Å².